The fourth-order valence-electron chi connectivity index (χ4n) is 5.27. The van der Waals surface area contributed by atoms with Gasteiger partial charge in [0.15, 0.2) is 37.7 Å². The number of azo groups is 1. The van der Waals surface area contributed by atoms with Crippen molar-refractivity contribution in [3.63, 3.8) is 0 Å². The Morgan fingerprint density at radius 3 is 1.70 bits per heavy atom. The average molecular weight is 1170 g/mol. The minimum absolute atomic E-state index is 0. The molecule has 0 unspecified atom stereocenters. The topological polar surface area (TPSA) is 396 Å². The van der Waals surface area contributed by atoms with Gasteiger partial charge in [0, 0.05) is 27.3 Å². The van der Waals surface area contributed by atoms with E-state index in [2.05, 4.69) is 76.2 Å². The standard InChI is InChI=1S/C35H31N8O15S5.CH4.4Na.H2O4S/c1-2-62(48,49)27-13-8-23(9-14-27)42-43-31-30(60-57-54-46)19-21-18-25(10-15-29(21)32(31)44)38-35-40-33(39-34(41-35)37-24-4-3-5-26(20-24)59-56-53-45)36-22-6-11-28(12-7-22)63(50,51)17-16-52-61-58-55-47;;;;;;1-5(2,3)4/h3-15,18-20,44-47H,1-2,16-17H2,(H3,36,37,38,39,40,41);1H4;;;;;(H2,1,2,3,4)/q-1;;4*+1;/p-3. The first kappa shape index (κ1) is 71.6. The van der Waals surface area contributed by atoms with Crippen LogP contribution in [0.1, 0.15) is 7.43 Å². The van der Waals surface area contributed by atoms with E-state index in [1.807, 2.05) is 0 Å². The number of sulfone groups is 2. The average Bonchev–Trinajstić information content (AvgIpc) is 3.29. The van der Waals surface area contributed by atoms with Crippen molar-refractivity contribution in [2.75, 3.05) is 34.1 Å². The number of fused-ring (bicyclic) bond motifs is 1. The number of nitrogens with one attached hydrogen (secondary N) is 3. The molecule has 0 amide bonds. The van der Waals surface area contributed by atoms with Gasteiger partial charge in [0.25, 0.3) is 0 Å². The van der Waals surface area contributed by atoms with Crippen LogP contribution in [-0.4, -0.2) is 72.5 Å². The van der Waals surface area contributed by atoms with Crippen molar-refractivity contribution in [1.82, 2.24) is 15.0 Å². The molecular weight excluding hydrogens is 1130 g/mol. The van der Waals surface area contributed by atoms with E-state index in [4.69, 9.17) is 21.7 Å². The molecule has 1 aromatic heterocycles. The van der Waals surface area contributed by atoms with E-state index >= 15 is 0 Å². The molecule has 27 nitrogen and oxygen atoms in total. The van der Waals surface area contributed by atoms with Crippen LogP contribution in [0.5, 0.6) is 5.75 Å². The van der Waals surface area contributed by atoms with E-state index in [1.54, 1.807) is 42.5 Å². The summed E-state index contributed by atoms with van der Waals surface area (Å²) >= 11 is 1.32. The Balaban J connectivity index is 0.00000494. The normalized spacial score (nSPS) is 11.1. The van der Waals surface area contributed by atoms with E-state index < -0.39 is 35.8 Å². The Hall–Kier alpha value is -1.41. The monoisotopic (exact) mass is 1170 g/mol. The van der Waals surface area contributed by atoms with Crippen molar-refractivity contribution in [1.29, 1.82) is 0 Å². The maximum absolute atomic E-state index is 12.8. The van der Waals surface area contributed by atoms with Gasteiger partial charge in [0.05, 0.1) is 56.8 Å². The molecule has 5 aromatic carbocycles. The van der Waals surface area contributed by atoms with Gasteiger partial charge < -0.3 is 43.8 Å². The predicted octanol–water partition coefficient (Wildman–Crippen LogP) is -6.98. The van der Waals surface area contributed by atoms with Gasteiger partial charge in [0.1, 0.15) is 5.69 Å². The number of rotatable bonds is 23. The third kappa shape index (κ3) is 24.0. The molecule has 0 saturated carbocycles. The molecule has 0 aliphatic carbocycles. The van der Waals surface area contributed by atoms with Gasteiger partial charge in [-0.1, -0.05) is 19.2 Å². The van der Waals surface area contributed by atoms with Crippen LogP contribution >= 0.6 is 36.4 Å². The number of phenolic OH excluding ortho intramolecular Hbond substituents is 1. The van der Waals surface area contributed by atoms with Crippen molar-refractivity contribution in [2.45, 2.75) is 27.0 Å². The summed E-state index contributed by atoms with van der Waals surface area (Å²) in [4.78, 5) is 14.1. The van der Waals surface area contributed by atoms with Crippen molar-refractivity contribution in [3.8, 4) is 5.75 Å². The number of aromatic hydroxyl groups is 1. The van der Waals surface area contributed by atoms with Crippen LogP contribution in [-0.2, 0) is 62.4 Å². The number of aromatic nitrogens is 3. The second kappa shape index (κ2) is 35.2. The second-order valence-electron chi connectivity index (χ2n) is 12.5. The van der Waals surface area contributed by atoms with Crippen LogP contribution in [0, 0.1) is 6.92 Å². The van der Waals surface area contributed by atoms with Crippen LogP contribution in [0.2, 0.25) is 0 Å². The fourth-order valence-corrected chi connectivity index (χ4v) is 8.37. The zero-order chi connectivity index (χ0) is 49.3. The van der Waals surface area contributed by atoms with Gasteiger partial charge in [-0.25, -0.2) is 16.8 Å². The molecule has 73 heavy (non-hydrogen) atoms. The van der Waals surface area contributed by atoms with E-state index in [9.17, 15) is 37.7 Å². The summed E-state index contributed by atoms with van der Waals surface area (Å²) in [7, 11) is -12.0. The minimum Gasteiger partial charge on any atom is -0.691 e. The van der Waals surface area contributed by atoms with E-state index in [0.717, 1.165) is 0 Å². The number of anilines is 6. The van der Waals surface area contributed by atoms with Crippen LogP contribution in [0.4, 0.5) is 46.3 Å². The molecule has 0 aliphatic rings. The molecule has 6 rings (SSSR count). The predicted molar refractivity (Wildman–Crippen MR) is 241 cm³/mol. The summed E-state index contributed by atoms with van der Waals surface area (Å²) in [6, 6.07) is 24.2. The third-order valence-corrected chi connectivity index (χ3v) is 12.9. The van der Waals surface area contributed by atoms with Crippen LogP contribution in [0.15, 0.2) is 127 Å². The van der Waals surface area contributed by atoms with Gasteiger partial charge in [-0.05, 0) is 96.4 Å². The fraction of sp³-hybridized carbons (Fsp3) is 0.111. The smallest absolute Gasteiger partial charge is 0.691 e. The SMILES string of the molecule is C.O=S(=O)(O)O.[CH2-]CS(=O)(=O)c1ccc(N=Nc2c(SOO[O-])cc3cc(Nc4nc(Nc5ccc(S(=O)(=O)CCOSOO[O-])cc5)nc(Nc5cccc(SOO[O-])c5)n4)ccc3c2O)cc1.[Na+].[Na+].[Na+].[Na+]. The largest absolute Gasteiger partial charge is 1.00 e. The molecule has 0 fully saturated rings. The quantitative estimate of drug-likeness (QED) is 0.00507. The van der Waals surface area contributed by atoms with Crippen LogP contribution < -0.4 is 150 Å². The molecule has 1 heterocycles. The second-order valence-corrected chi connectivity index (χ2v) is 19.6. The minimum atomic E-state index is -4.67. The summed E-state index contributed by atoms with van der Waals surface area (Å²) in [5.41, 5.74) is 1.44. The van der Waals surface area contributed by atoms with E-state index in [0.29, 0.717) is 56.8 Å². The maximum atomic E-state index is 12.8. The summed E-state index contributed by atoms with van der Waals surface area (Å²) in [5.74, 6) is -1.05. The molecular formula is C36H34N8Na4O19S6. The van der Waals surface area contributed by atoms with Crippen LogP contribution in [0.3, 0.4) is 0 Å². The zero-order valence-corrected chi connectivity index (χ0v) is 50.5. The Morgan fingerprint density at radius 2 is 1.14 bits per heavy atom. The van der Waals surface area contributed by atoms with Gasteiger partial charge in [-0.3, -0.25) is 28.4 Å². The summed E-state index contributed by atoms with van der Waals surface area (Å²) in [5, 5.41) is 70.6. The molecule has 0 atom stereocenters. The Labute approximate surface area is 518 Å². The molecule has 0 radical (unpaired) electrons. The number of benzene rings is 5. The first-order chi connectivity index (χ1) is 32.4. The Bertz CT molecular complexity index is 3030. The van der Waals surface area contributed by atoms with Gasteiger partial charge in [-0.15, -0.1) is 9.45 Å². The summed E-state index contributed by atoms with van der Waals surface area (Å²) < 4.78 is 99.1. The molecule has 6 aromatic rings. The van der Waals surface area contributed by atoms with Crippen molar-refractivity contribution in [3.05, 3.63) is 104 Å². The molecule has 0 spiro atoms. The van der Waals surface area contributed by atoms with Crippen LogP contribution in [0.25, 0.3) is 10.8 Å². The zero-order valence-electron chi connectivity index (χ0n) is 37.6. The maximum Gasteiger partial charge on any atom is 1.00 e. The van der Waals surface area contributed by atoms with Gasteiger partial charge in [-0.2, -0.15) is 37.2 Å². The molecule has 6 N–H and O–H groups in total. The van der Waals surface area contributed by atoms with Crippen molar-refractivity contribution >= 4 is 124 Å². The third-order valence-electron chi connectivity index (χ3n) is 8.08. The first-order valence-electron chi connectivity index (χ1n) is 18.0. The van der Waals surface area contributed by atoms with Gasteiger partial charge in [0.2, 0.25) is 17.8 Å². The van der Waals surface area contributed by atoms with Crippen molar-refractivity contribution in [2.24, 2.45) is 10.2 Å². The molecule has 0 saturated heterocycles. The number of hydrogen-bond donors (Lipinski definition) is 6. The molecule has 0 bridgehead atoms. The molecule has 372 valence electrons. The summed E-state index contributed by atoms with van der Waals surface area (Å²) in [6.45, 7) is 3.13. The Morgan fingerprint density at radius 1 is 0.630 bits per heavy atom. The molecule has 37 heteroatoms. The Kier molecular flexibility index (Phi) is 34.5. The van der Waals surface area contributed by atoms with Crippen molar-refractivity contribution < 1.29 is 206 Å². The number of phenols is 1. The van der Waals surface area contributed by atoms with E-state index in [1.165, 1.54) is 54.6 Å². The van der Waals surface area contributed by atoms with Gasteiger partial charge >= 0.3 is 129 Å². The number of nitrogens with zero attached hydrogens (tertiary/aromatic N) is 5. The van der Waals surface area contributed by atoms with E-state index in [-0.39, 0.29) is 200 Å². The first-order valence-corrected chi connectivity index (χ1v) is 24.8. The number of hydrogen-bond acceptors (Lipinski definition) is 28. The molecule has 0 aliphatic heterocycles. The summed E-state index contributed by atoms with van der Waals surface area (Å²) in [6.07, 6.45) is 0.